The molecular weight excluding hydrogens is 307 g/mol. The highest BCUT2D eigenvalue weighted by molar-refractivity contribution is 7.89. The normalized spacial score (nSPS) is 16.5. The number of nitrogens with zero attached hydrogens (tertiary/aromatic N) is 1. The lowest BCUT2D eigenvalue weighted by atomic mass is 10.1. The quantitative estimate of drug-likeness (QED) is 0.904. The lowest BCUT2D eigenvalue weighted by Crippen LogP contribution is -2.40. The minimum Gasteiger partial charge on any atom is -0.392 e. The number of aliphatic hydroxyl groups is 1. The van der Waals surface area contributed by atoms with Crippen molar-refractivity contribution in [3.8, 4) is 0 Å². The van der Waals surface area contributed by atoms with Gasteiger partial charge in [-0.15, -0.1) is 0 Å². The lowest BCUT2D eigenvalue weighted by molar-refractivity contribution is -0.137. The lowest BCUT2D eigenvalue weighted by Gasteiger charge is -2.23. The van der Waals surface area contributed by atoms with Gasteiger partial charge < -0.3 is 5.11 Å². The van der Waals surface area contributed by atoms with E-state index in [0.29, 0.717) is 28.3 Å². The van der Waals surface area contributed by atoms with Gasteiger partial charge in [-0.05, 0) is 43.0 Å². The first kappa shape index (κ1) is 16.3. The van der Waals surface area contributed by atoms with Crippen molar-refractivity contribution in [2.45, 2.75) is 43.5 Å². The molecule has 0 aromatic heterocycles. The van der Waals surface area contributed by atoms with Crippen molar-refractivity contribution in [1.82, 2.24) is 4.31 Å². The first-order valence-corrected chi connectivity index (χ1v) is 7.88. The standard InChI is InChI=1S/C13H16F3NO3S/c1-9-2-5-12(6-10(9)7-18)21(19,20)17(11-3-4-11)8-13(14,15)16/h2,5-6,11,18H,3-4,7-8H2,1H3. The van der Waals surface area contributed by atoms with Crippen LogP contribution in [0.15, 0.2) is 23.1 Å². The van der Waals surface area contributed by atoms with E-state index in [1.165, 1.54) is 18.2 Å². The molecule has 21 heavy (non-hydrogen) atoms. The summed E-state index contributed by atoms with van der Waals surface area (Å²) in [5, 5.41) is 9.17. The van der Waals surface area contributed by atoms with Gasteiger partial charge in [0.05, 0.1) is 11.5 Å². The zero-order valence-corrected chi connectivity index (χ0v) is 12.2. The van der Waals surface area contributed by atoms with Crippen LogP contribution >= 0.6 is 0 Å². The van der Waals surface area contributed by atoms with E-state index in [1.54, 1.807) is 6.92 Å². The maximum absolute atomic E-state index is 12.6. The van der Waals surface area contributed by atoms with Gasteiger partial charge in [0, 0.05) is 6.04 Å². The van der Waals surface area contributed by atoms with Gasteiger partial charge in [-0.1, -0.05) is 6.07 Å². The number of sulfonamides is 1. The first-order valence-electron chi connectivity index (χ1n) is 6.44. The zero-order chi connectivity index (χ0) is 15.8. The number of hydrogen-bond donors (Lipinski definition) is 1. The van der Waals surface area contributed by atoms with E-state index in [4.69, 9.17) is 5.11 Å². The molecule has 0 amide bonds. The fourth-order valence-electron chi connectivity index (χ4n) is 2.06. The first-order chi connectivity index (χ1) is 9.65. The van der Waals surface area contributed by atoms with Crippen LogP contribution in [0, 0.1) is 6.92 Å². The van der Waals surface area contributed by atoms with Crippen molar-refractivity contribution in [2.75, 3.05) is 6.54 Å². The Bertz CT molecular complexity index is 624. The van der Waals surface area contributed by atoms with Crippen LogP contribution in [0.1, 0.15) is 24.0 Å². The maximum atomic E-state index is 12.6. The van der Waals surface area contributed by atoms with Gasteiger partial charge >= 0.3 is 6.18 Å². The molecule has 1 saturated carbocycles. The summed E-state index contributed by atoms with van der Waals surface area (Å²) in [5.41, 5.74) is 1.07. The van der Waals surface area contributed by atoms with E-state index in [-0.39, 0.29) is 11.5 Å². The summed E-state index contributed by atoms with van der Waals surface area (Å²) in [5.74, 6) is 0. The molecule has 1 aliphatic carbocycles. The molecule has 1 fully saturated rings. The third kappa shape index (κ3) is 3.75. The molecule has 1 aromatic rings. The highest BCUT2D eigenvalue weighted by atomic mass is 32.2. The monoisotopic (exact) mass is 323 g/mol. The summed E-state index contributed by atoms with van der Waals surface area (Å²) in [4.78, 5) is -0.215. The Morgan fingerprint density at radius 1 is 1.33 bits per heavy atom. The molecular formula is C13H16F3NO3S. The molecule has 0 saturated heterocycles. The molecule has 0 spiro atoms. The number of benzene rings is 1. The highest BCUT2D eigenvalue weighted by Crippen LogP contribution is 2.35. The van der Waals surface area contributed by atoms with Crippen LogP contribution in [0.4, 0.5) is 13.2 Å². The van der Waals surface area contributed by atoms with Crippen molar-refractivity contribution < 1.29 is 26.7 Å². The van der Waals surface area contributed by atoms with E-state index >= 15 is 0 Å². The number of aryl methyl sites for hydroxylation is 1. The molecule has 4 nitrogen and oxygen atoms in total. The molecule has 118 valence electrons. The average molecular weight is 323 g/mol. The Hall–Kier alpha value is -1.12. The number of aliphatic hydroxyl groups excluding tert-OH is 1. The summed E-state index contributed by atoms with van der Waals surface area (Å²) in [6.07, 6.45) is -3.71. The van der Waals surface area contributed by atoms with E-state index in [2.05, 4.69) is 0 Å². The average Bonchev–Trinajstić information content (AvgIpc) is 3.19. The molecule has 0 radical (unpaired) electrons. The van der Waals surface area contributed by atoms with Gasteiger partial charge in [-0.3, -0.25) is 0 Å². The van der Waals surface area contributed by atoms with Crippen LogP contribution in [0.2, 0.25) is 0 Å². The molecule has 0 bridgehead atoms. The molecule has 0 aliphatic heterocycles. The molecule has 1 N–H and O–H groups in total. The Balaban J connectivity index is 2.39. The van der Waals surface area contributed by atoms with Crippen LogP contribution in [0.25, 0.3) is 0 Å². The van der Waals surface area contributed by atoms with Gasteiger partial charge in [-0.25, -0.2) is 8.42 Å². The van der Waals surface area contributed by atoms with Crippen LogP contribution in [-0.2, 0) is 16.6 Å². The Labute approximate surface area is 121 Å². The molecule has 8 heteroatoms. The van der Waals surface area contributed by atoms with E-state index in [0.717, 1.165) is 0 Å². The molecule has 1 aliphatic rings. The molecule has 0 unspecified atom stereocenters. The van der Waals surface area contributed by atoms with Crippen LogP contribution in [-0.4, -0.2) is 36.6 Å². The number of alkyl halides is 3. The second kappa shape index (κ2) is 5.58. The van der Waals surface area contributed by atoms with Crippen molar-refractivity contribution in [2.24, 2.45) is 0 Å². The summed E-state index contributed by atoms with van der Waals surface area (Å²) < 4.78 is 63.2. The molecule has 0 atom stereocenters. The van der Waals surface area contributed by atoms with E-state index in [9.17, 15) is 21.6 Å². The van der Waals surface area contributed by atoms with E-state index in [1.807, 2.05) is 0 Å². The smallest absolute Gasteiger partial charge is 0.392 e. The highest BCUT2D eigenvalue weighted by Gasteiger charge is 2.44. The van der Waals surface area contributed by atoms with Crippen LogP contribution < -0.4 is 0 Å². The molecule has 1 aromatic carbocycles. The van der Waals surface area contributed by atoms with Gasteiger partial charge in [0.15, 0.2) is 0 Å². The van der Waals surface area contributed by atoms with Crippen molar-refractivity contribution >= 4 is 10.0 Å². The number of hydrogen-bond acceptors (Lipinski definition) is 3. The van der Waals surface area contributed by atoms with Crippen LogP contribution in [0.3, 0.4) is 0 Å². The summed E-state index contributed by atoms with van der Waals surface area (Å²) >= 11 is 0. The van der Waals surface area contributed by atoms with Crippen molar-refractivity contribution in [1.29, 1.82) is 0 Å². The van der Waals surface area contributed by atoms with Crippen molar-refractivity contribution in [3.05, 3.63) is 29.3 Å². The summed E-state index contributed by atoms with van der Waals surface area (Å²) in [6, 6.07) is 3.40. The fraction of sp³-hybridized carbons (Fsp3) is 0.538. The largest absolute Gasteiger partial charge is 0.402 e. The maximum Gasteiger partial charge on any atom is 0.402 e. The summed E-state index contributed by atoms with van der Waals surface area (Å²) in [6.45, 7) is -0.156. The second-order valence-electron chi connectivity index (χ2n) is 5.14. The number of rotatable bonds is 5. The molecule has 2 rings (SSSR count). The van der Waals surface area contributed by atoms with Crippen molar-refractivity contribution in [3.63, 3.8) is 0 Å². The molecule has 0 heterocycles. The third-order valence-corrected chi connectivity index (χ3v) is 5.28. The SMILES string of the molecule is Cc1ccc(S(=O)(=O)N(CC(F)(F)F)C2CC2)cc1CO. The fourth-order valence-corrected chi connectivity index (χ4v) is 3.79. The van der Waals surface area contributed by atoms with Gasteiger partial charge in [0.25, 0.3) is 0 Å². The Morgan fingerprint density at radius 3 is 2.43 bits per heavy atom. The Kier molecular flexibility index (Phi) is 4.32. The minimum absolute atomic E-state index is 0.215. The minimum atomic E-state index is -4.58. The van der Waals surface area contributed by atoms with Crippen LogP contribution in [0.5, 0.6) is 0 Å². The Morgan fingerprint density at radius 2 is 1.95 bits per heavy atom. The summed E-state index contributed by atoms with van der Waals surface area (Å²) in [7, 11) is -4.22. The van der Waals surface area contributed by atoms with E-state index < -0.39 is 28.8 Å². The van der Waals surface area contributed by atoms with Gasteiger partial charge in [0.2, 0.25) is 10.0 Å². The predicted octanol–water partition coefficient (Wildman–Crippen LogP) is 2.20. The number of halogens is 3. The topological polar surface area (TPSA) is 57.6 Å². The third-order valence-electron chi connectivity index (χ3n) is 3.39. The predicted molar refractivity (Wildman–Crippen MR) is 70.1 cm³/mol. The second-order valence-corrected chi connectivity index (χ2v) is 7.03. The van der Waals surface area contributed by atoms with Gasteiger partial charge in [0.1, 0.15) is 6.54 Å². The van der Waals surface area contributed by atoms with Gasteiger partial charge in [-0.2, -0.15) is 17.5 Å². The zero-order valence-electron chi connectivity index (χ0n) is 11.4.